The molecule has 0 unspecified atom stereocenters. The highest BCUT2D eigenvalue weighted by atomic mass is 19.4. The van der Waals surface area contributed by atoms with Crippen LogP contribution in [0.15, 0.2) is 24.3 Å². The normalized spacial score (nSPS) is 15.8. The lowest BCUT2D eigenvalue weighted by molar-refractivity contribution is -0.137. The van der Waals surface area contributed by atoms with E-state index in [9.17, 15) is 22.8 Å². The van der Waals surface area contributed by atoms with Gasteiger partial charge in [-0.15, -0.1) is 0 Å². The maximum atomic E-state index is 12.4. The van der Waals surface area contributed by atoms with Crippen LogP contribution in [0.25, 0.3) is 0 Å². The van der Waals surface area contributed by atoms with Crippen LogP contribution in [0.2, 0.25) is 0 Å². The van der Waals surface area contributed by atoms with Gasteiger partial charge in [-0.25, -0.2) is 0 Å². The second-order valence-corrected chi connectivity index (χ2v) is 5.17. The minimum Gasteiger partial charge on any atom is -0.350 e. The second kappa shape index (κ2) is 6.81. The van der Waals surface area contributed by atoms with Gasteiger partial charge in [-0.1, -0.05) is 0 Å². The molecule has 4 nitrogen and oxygen atoms in total. The summed E-state index contributed by atoms with van der Waals surface area (Å²) in [4.78, 5) is 25.1. The predicted octanol–water partition coefficient (Wildman–Crippen LogP) is 2.45. The lowest BCUT2D eigenvalue weighted by Gasteiger charge is -2.26. The van der Waals surface area contributed by atoms with Crippen molar-refractivity contribution in [1.29, 1.82) is 0 Å². The molecule has 1 heterocycles. The van der Waals surface area contributed by atoms with Gasteiger partial charge in [-0.2, -0.15) is 13.2 Å². The zero-order valence-corrected chi connectivity index (χ0v) is 11.9. The van der Waals surface area contributed by atoms with Crippen molar-refractivity contribution in [2.75, 3.05) is 19.6 Å². The molecule has 7 heteroatoms. The summed E-state index contributed by atoms with van der Waals surface area (Å²) in [7, 11) is 0. The van der Waals surface area contributed by atoms with E-state index in [4.69, 9.17) is 0 Å². The van der Waals surface area contributed by atoms with Gasteiger partial charge >= 0.3 is 6.18 Å². The van der Waals surface area contributed by atoms with Crippen LogP contribution in [-0.2, 0) is 11.0 Å². The highest BCUT2D eigenvalue weighted by Crippen LogP contribution is 2.29. The maximum Gasteiger partial charge on any atom is 0.416 e. The van der Waals surface area contributed by atoms with Crippen LogP contribution < -0.4 is 5.32 Å². The molecule has 1 aromatic carbocycles. The van der Waals surface area contributed by atoms with E-state index >= 15 is 0 Å². The van der Waals surface area contributed by atoms with E-state index in [0.717, 1.165) is 37.1 Å². The van der Waals surface area contributed by atoms with Crippen molar-refractivity contribution in [3.05, 3.63) is 35.4 Å². The Bertz CT molecular complexity index is 541. The van der Waals surface area contributed by atoms with Gasteiger partial charge in [0.2, 0.25) is 5.91 Å². The summed E-state index contributed by atoms with van der Waals surface area (Å²) in [5, 5.41) is 2.61. The fourth-order valence-corrected chi connectivity index (χ4v) is 2.32. The van der Waals surface area contributed by atoms with Gasteiger partial charge < -0.3 is 10.2 Å². The van der Waals surface area contributed by atoms with Crippen LogP contribution in [0.4, 0.5) is 13.2 Å². The molecule has 1 aromatic rings. The summed E-state index contributed by atoms with van der Waals surface area (Å²) in [5.74, 6) is -0.367. The van der Waals surface area contributed by atoms with Gasteiger partial charge in [0.25, 0.3) is 5.91 Å². The fourth-order valence-electron chi connectivity index (χ4n) is 2.32. The first-order valence-electron chi connectivity index (χ1n) is 7.11. The number of amides is 2. The molecule has 0 spiro atoms. The predicted molar refractivity (Wildman–Crippen MR) is 74.2 cm³/mol. The summed E-state index contributed by atoms with van der Waals surface area (Å²) in [5.41, 5.74) is -0.624. The number of rotatable bonds is 4. The van der Waals surface area contributed by atoms with Crippen LogP contribution >= 0.6 is 0 Å². The van der Waals surface area contributed by atoms with Crippen molar-refractivity contribution in [1.82, 2.24) is 10.2 Å². The third-order valence-electron chi connectivity index (χ3n) is 3.56. The third kappa shape index (κ3) is 4.22. The van der Waals surface area contributed by atoms with Crippen molar-refractivity contribution >= 4 is 11.8 Å². The molecule has 120 valence electrons. The Labute approximate surface area is 126 Å². The number of alkyl halides is 3. The van der Waals surface area contributed by atoms with E-state index in [2.05, 4.69) is 5.32 Å². The van der Waals surface area contributed by atoms with E-state index in [1.165, 1.54) is 0 Å². The number of carbonyl (C=O) groups excluding carboxylic acids is 2. The minimum absolute atomic E-state index is 0.0787. The largest absolute Gasteiger partial charge is 0.416 e. The van der Waals surface area contributed by atoms with Crippen molar-refractivity contribution < 1.29 is 22.8 Å². The van der Waals surface area contributed by atoms with E-state index in [0.29, 0.717) is 19.5 Å². The minimum atomic E-state index is -4.41. The molecule has 1 aliphatic rings. The van der Waals surface area contributed by atoms with Gasteiger partial charge in [0.1, 0.15) is 0 Å². The average molecular weight is 314 g/mol. The molecule has 0 radical (unpaired) electrons. The molecule has 2 rings (SSSR count). The van der Waals surface area contributed by atoms with E-state index in [-0.39, 0.29) is 18.0 Å². The van der Waals surface area contributed by atoms with E-state index < -0.39 is 17.6 Å². The summed E-state index contributed by atoms with van der Waals surface area (Å²) >= 11 is 0. The van der Waals surface area contributed by atoms with Gasteiger partial charge in [0.15, 0.2) is 0 Å². The Hall–Kier alpha value is -2.05. The molecule has 2 amide bonds. The monoisotopic (exact) mass is 314 g/mol. The molecule has 0 aromatic heterocycles. The van der Waals surface area contributed by atoms with E-state index in [1.807, 2.05) is 0 Å². The van der Waals surface area contributed by atoms with Crippen LogP contribution in [0, 0.1) is 0 Å². The van der Waals surface area contributed by atoms with Crippen LogP contribution in [-0.4, -0.2) is 36.3 Å². The first kappa shape index (κ1) is 16.3. The molecule has 1 aliphatic heterocycles. The SMILES string of the molecule is O=C(NCCN1CCCCC1=O)c1ccc(C(F)(F)F)cc1. The second-order valence-electron chi connectivity index (χ2n) is 5.17. The number of likely N-dealkylation sites (tertiary alicyclic amines) is 1. The van der Waals surface area contributed by atoms with Gasteiger partial charge in [0, 0.05) is 31.6 Å². The first-order chi connectivity index (χ1) is 10.4. The Balaban J connectivity index is 1.83. The third-order valence-corrected chi connectivity index (χ3v) is 3.56. The molecule has 22 heavy (non-hydrogen) atoms. The topological polar surface area (TPSA) is 49.4 Å². The van der Waals surface area contributed by atoms with Gasteiger partial charge in [0.05, 0.1) is 5.56 Å². The Kier molecular flexibility index (Phi) is 5.05. The Morgan fingerprint density at radius 2 is 1.86 bits per heavy atom. The van der Waals surface area contributed by atoms with Crippen molar-refractivity contribution in [3.8, 4) is 0 Å². The standard InChI is InChI=1S/C15H17F3N2O2/c16-15(17,18)12-6-4-11(5-7-12)14(22)19-8-10-20-9-2-1-3-13(20)21/h4-7H,1-3,8-10H2,(H,19,22). The summed E-state index contributed by atoms with van der Waals surface area (Å²) in [6.07, 6.45) is -2.03. The van der Waals surface area contributed by atoms with Crippen LogP contribution in [0.1, 0.15) is 35.2 Å². The molecule has 1 fully saturated rings. The number of halogens is 3. The van der Waals surface area contributed by atoms with E-state index in [1.54, 1.807) is 4.90 Å². The number of carbonyl (C=O) groups is 2. The number of nitrogens with zero attached hydrogens (tertiary/aromatic N) is 1. The maximum absolute atomic E-state index is 12.4. The molecule has 0 saturated carbocycles. The Morgan fingerprint density at radius 1 is 1.18 bits per heavy atom. The number of hydrogen-bond donors (Lipinski definition) is 1. The van der Waals surface area contributed by atoms with Crippen molar-refractivity contribution in [2.24, 2.45) is 0 Å². The van der Waals surface area contributed by atoms with Crippen molar-refractivity contribution in [2.45, 2.75) is 25.4 Å². The number of benzene rings is 1. The highest BCUT2D eigenvalue weighted by Gasteiger charge is 2.30. The summed E-state index contributed by atoms with van der Waals surface area (Å²) in [6, 6.07) is 4.04. The molecular weight excluding hydrogens is 297 g/mol. The number of nitrogens with one attached hydrogen (secondary N) is 1. The molecule has 1 saturated heterocycles. The lowest BCUT2D eigenvalue weighted by atomic mass is 10.1. The number of piperidine rings is 1. The Morgan fingerprint density at radius 3 is 2.45 bits per heavy atom. The lowest BCUT2D eigenvalue weighted by Crippen LogP contribution is -2.41. The van der Waals surface area contributed by atoms with Gasteiger partial charge in [-0.05, 0) is 37.1 Å². The molecular formula is C15H17F3N2O2. The fraction of sp³-hybridized carbons (Fsp3) is 0.467. The zero-order chi connectivity index (χ0) is 16.2. The molecule has 0 atom stereocenters. The van der Waals surface area contributed by atoms with Gasteiger partial charge in [-0.3, -0.25) is 9.59 Å². The molecule has 1 N–H and O–H groups in total. The quantitative estimate of drug-likeness (QED) is 0.928. The highest BCUT2D eigenvalue weighted by molar-refractivity contribution is 5.94. The average Bonchev–Trinajstić information content (AvgIpc) is 2.48. The summed E-state index contributed by atoms with van der Waals surface area (Å²) in [6.45, 7) is 1.39. The smallest absolute Gasteiger partial charge is 0.350 e. The molecule has 0 bridgehead atoms. The van der Waals surface area contributed by atoms with Crippen LogP contribution in [0.5, 0.6) is 0 Å². The zero-order valence-electron chi connectivity index (χ0n) is 11.9. The van der Waals surface area contributed by atoms with Crippen molar-refractivity contribution in [3.63, 3.8) is 0 Å². The molecule has 0 aliphatic carbocycles. The number of hydrogen-bond acceptors (Lipinski definition) is 2. The summed E-state index contributed by atoms with van der Waals surface area (Å²) < 4.78 is 37.3. The van der Waals surface area contributed by atoms with Crippen LogP contribution in [0.3, 0.4) is 0 Å². The first-order valence-corrected chi connectivity index (χ1v) is 7.11.